The number of halogens is 6. The lowest BCUT2D eigenvalue weighted by atomic mass is 10.1. The van der Waals surface area contributed by atoms with Gasteiger partial charge in [0.15, 0.2) is 0 Å². The van der Waals surface area contributed by atoms with Crippen LogP contribution in [-0.4, -0.2) is 6.61 Å². The molecule has 8 heteroatoms. The molecule has 90 valence electrons. The lowest BCUT2D eigenvalue weighted by Crippen LogP contribution is -2.11. The van der Waals surface area contributed by atoms with Gasteiger partial charge in [-0.25, -0.2) is 0 Å². The summed E-state index contributed by atoms with van der Waals surface area (Å²) >= 11 is 5.36. The Morgan fingerprint density at radius 3 is 2.25 bits per heavy atom. The van der Waals surface area contributed by atoms with Crippen LogP contribution in [0.1, 0.15) is 5.56 Å². The van der Waals surface area contributed by atoms with Gasteiger partial charge < -0.3 is 10.5 Å². The fourth-order valence-corrected chi connectivity index (χ4v) is 1.21. The summed E-state index contributed by atoms with van der Waals surface area (Å²) in [6, 6.07) is 1.16. The van der Waals surface area contributed by atoms with Crippen molar-refractivity contribution >= 4 is 17.3 Å². The Bertz CT molecular complexity index is 393. The van der Waals surface area contributed by atoms with E-state index in [1.807, 2.05) is 0 Å². The molecular formula is C8H5ClF5NO. The summed E-state index contributed by atoms with van der Waals surface area (Å²) in [5.74, 6) is -0.693. The Morgan fingerprint density at radius 2 is 1.81 bits per heavy atom. The fraction of sp³-hybridized carbons (Fsp3) is 0.250. The van der Waals surface area contributed by atoms with E-state index >= 15 is 0 Å². The molecule has 0 aliphatic carbocycles. The van der Waals surface area contributed by atoms with Gasteiger partial charge in [0.25, 0.3) is 0 Å². The van der Waals surface area contributed by atoms with Crippen molar-refractivity contribution in [3.63, 3.8) is 0 Å². The van der Waals surface area contributed by atoms with Crippen LogP contribution in [0.15, 0.2) is 12.1 Å². The number of alkyl halides is 5. The minimum atomic E-state index is -4.78. The maximum Gasteiger partial charge on any atom is 0.418 e. The number of nitrogens with two attached hydrogens (primary N) is 1. The van der Waals surface area contributed by atoms with E-state index in [1.54, 1.807) is 0 Å². The van der Waals surface area contributed by atoms with E-state index in [0.29, 0.717) is 6.07 Å². The van der Waals surface area contributed by atoms with Crippen LogP contribution < -0.4 is 10.5 Å². The molecule has 0 saturated carbocycles. The standard InChI is InChI=1S/C8H5ClF5NO/c9-5-2-3(16-7(10)11)1-4(6(5)15)8(12,13)14/h1-2,7H,15H2. The molecule has 0 saturated heterocycles. The van der Waals surface area contributed by atoms with Crippen molar-refractivity contribution < 1.29 is 26.7 Å². The summed E-state index contributed by atoms with van der Waals surface area (Å²) in [5.41, 5.74) is 3.04. The van der Waals surface area contributed by atoms with Crippen molar-refractivity contribution in [2.45, 2.75) is 12.8 Å². The predicted molar refractivity (Wildman–Crippen MR) is 47.5 cm³/mol. The number of rotatable bonds is 2. The fourth-order valence-electron chi connectivity index (χ4n) is 0.998. The number of ether oxygens (including phenoxy) is 1. The first-order valence-corrected chi connectivity index (χ1v) is 4.20. The molecule has 1 aromatic rings. The summed E-state index contributed by atoms with van der Waals surface area (Å²) in [5, 5.41) is -0.495. The highest BCUT2D eigenvalue weighted by atomic mass is 35.5. The third-order valence-electron chi connectivity index (χ3n) is 1.63. The average Bonchev–Trinajstić information content (AvgIpc) is 2.08. The molecule has 0 radical (unpaired) electrons. The third kappa shape index (κ3) is 2.88. The summed E-state index contributed by atoms with van der Waals surface area (Å²) in [6.45, 7) is -3.24. The van der Waals surface area contributed by atoms with Crippen LogP contribution in [0.25, 0.3) is 0 Å². The van der Waals surface area contributed by atoms with E-state index in [-0.39, 0.29) is 0 Å². The Kier molecular flexibility index (Phi) is 3.47. The van der Waals surface area contributed by atoms with E-state index in [1.165, 1.54) is 0 Å². The molecule has 0 amide bonds. The Hall–Kier alpha value is -1.24. The normalized spacial score (nSPS) is 11.9. The Labute approximate surface area is 91.7 Å². The van der Waals surface area contributed by atoms with Crippen LogP contribution in [0, 0.1) is 0 Å². The zero-order valence-corrected chi connectivity index (χ0v) is 8.24. The van der Waals surface area contributed by atoms with Crippen molar-refractivity contribution in [2.24, 2.45) is 0 Å². The molecule has 2 N–H and O–H groups in total. The molecule has 0 unspecified atom stereocenters. The van der Waals surface area contributed by atoms with Crippen molar-refractivity contribution in [1.82, 2.24) is 0 Å². The highest BCUT2D eigenvalue weighted by molar-refractivity contribution is 6.33. The monoisotopic (exact) mass is 261 g/mol. The molecule has 0 aromatic heterocycles. The van der Waals surface area contributed by atoms with Crippen LogP contribution in [-0.2, 0) is 6.18 Å². The van der Waals surface area contributed by atoms with Gasteiger partial charge in [-0.2, -0.15) is 22.0 Å². The largest absolute Gasteiger partial charge is 0.435 e. The summed E-state index contributed by atoms with van der Waals surface area (Å²) in [4.78, 5) is 0. The molecule has 1 rings (SSSR count). The lowest BCUT2D eigenvalue weighted by molar-refractivity contribution is -0.137. The zero-order valence-electron chi connectivity index (χ0n) is 7.49. The van der Waals surface area contributed by atoms with Gasteiger partial charge in [-0.1, -0.05) is 11.6 Å². The zero-order chi connectivity index (χ0) is 12.5. The van der Waals surface area contributed by atoms with E-state index < -0.39 is 34.8 Å². The van der Waals surface area contributed by atoms with Gasteiger partial charge in [-0.15, -0.1) is 0 Å². The van der Waals surface area contributed by atoms with E-state index in [0.717, 1.165) is 6.07 Å². The predicted octanol–water partition coefficient (Wildman–Crippen LogP) is 3.54. The lowest BCUT2D eigenvalue weighted by Gasteiger charge is -2.13. The second-order valence-corrected chi connectivity index (χ2v) is 3.15. The summed E-state index contributed by atoms with van der Waals surface area (Å²) < 4.78 is 64.5. The number of benzene rings is 1. The van der Waals surface area contributed by atoms with Crippen LogP contribution in [0.5, 0.6) is 5.75 Å². The second kappa shape index (κ2) is 4.32. The number of hydrogen-bond acceptors (Lipinski definition) is 2. The molecular weight excluding hydrogens is 257 g/mol. The molecule has 0 aliphatic rings. The minimum Gasteiger partial charge on any atom is -0.435 e. The smallest absolute Gasteiger partial charge is 0.418 e. The van der Waals surface area contributed by atoms with Crippen molar-refractivity contribution in [3.05, 3.63) is 22.7 Å². The molecule has 0 fully saturated rings. The van der Waals surface area contributed by atoms with Gasteiger partial charge in [0, 0.05) is 6.07 Å². The number of nitrogen functional groups attached to an aromatic ring is 1. The van der Waals surface area contributed by atoms with Crippen LogP contribution >= 0.6 is 11.6 Å². The highest BCUT2D eigenvalue weighted by Gasteiger charge is 2.34. The van der Waals surface area contributed by atoms with Gasteiger partial charge in [-0.3, -0.25) is 0 Å². The van der Waals surface area contributed by atoms with Crippen molar-refractivity contribution in [1.29, 1.82) is 0 Å². The van der Waals surface area contributed by atoms with E-state index in [2.05, 4.69) is 4.74 Å². The third-order valence-corrected chi connectivity index (χ3v) is 1.95. The first-order chi connectivity index (χ1) is 7.21. The van der Waals surface area contributed by atoms with Crippen molar-refractivity contribution in [2.75, 3.05) is 5.73 Å². The maximum absolute atomic E-state index is 12.4. The first kappa shape index (κ1) is 12.8. The SMILES string of the molecule is Nc1c(Cl)cc(OC(F)F)cc1C(F)(F)F. The van der Waals surface area contributed by atoms with Crippen molar-refractivity contribution in [3.8, 4) is 5.75 Å². The topological polar surface area (TPSA) is 35.2 Å². The molecule has 16 heavy (non-hydrogen) atoms. The molecule has 0 spiro atoms. The number of anilines is 1. The maximum atomic E-state index is 12.4. The van der Waals surface area contributed by atoms with Crippen LogP contribution in [0.4, 0.5) is 27.6 Å². The average molecular weight is 262 g/mol. The van der Waals surface area contributed by atoms with Gasteiger partial charge >= 0.3 is 12.8 Å². The molecule has 0 aliphatic heterocycles. The summed E-state index contributed by atoms with van der Waals surface area (Å²) in [7, 11) is 0. The quantitative estimate of drug-likeness (QED) is 0.653. The molecule has 0 bridgehead atoms. The molecule has 0 heterocycles. The molecule has 1 aromatic carbocycles. The summed E-state index contributed by atoms with van der Waals surface area (Å²) in [6.07, 6.45) is -4.78. The van der Waals surface area contributed by atoms with Gasteiger partial charge in [-0.05, 0) is 6.07 Å². The number of hydrogen-bond donors (Lipinski definition) is 1. The Balaban J connectivity index is 3.23. The molecule has 0 atom stereocenters. The van der Waals surface area contributed by atoms with Gasteiger partial charge in [0.1, 0.15) is 5.75 Å². The van der Waals surface area contributed by atoms with Gasteiger partial charge in [0.05, 0.1) is 16.3 Å². The first-order valence-electron chi connectivity index (χ1n) is 3.83. The second-order valence-electron chi connectivity index (χ2n) is 2.74. The van der Waals surface area contributed by atoms with E-state index in [9.17, 15) is 22.0 Å². The highest BCUT2D eigenvalue weighted by Crippen LogP contribution is 2.39. The molecule has 2 nitrogen and oxygen atoms in total. The van der Waals surface area contributed by atoms with Crippen LogP contribution in [0.3, 0.4) is 0 Å². The van der Waals surface area contributed by atoms with E-state index in [4.69, 9.17) is 17.3 Å². The van der Waals surface area contributed by atoms with Crippen LogP contribution in [0.2, 0.25) is 5.02 Å². The van der Waals surface area contributed by atoms with Gasteiger partial charge in [0.2, 0.25) is 0 Å². The Morgan fingerprint density at radius 1 is 1.25 bits per heavy atom. The minimum absolute atomic E-state index is 0.368.